The molecule has 0 aromatic rings. The molecule has 1 fully saturated rings. The molecule has 1 rings (SSSR count). The monoisotopic (exact) mass is 286 g/mol. The molecule has 20 heavy (non-hydrogen) atoms. The second-order valence-corrected chi connectivity index (χ2v) is 5.54. The van der Waals surface area contributed by atoms with Crippen molar-refractivity contribution in [2.75, 3.05) is 39.9 Å². The van der Waals surface area contributed by atoms with Gasteiger partial charge in [-0.05, 0) is 52.2 Å². The Hall–Kier alpha value is -0.650. The zero-order chi connectivity index (χ0) is 15.0. The van der Waals surface area contributed by atoms with E-state index in [0.717, 1.165) is 58.5 Å². The number of rotatable bonds is 10. The smallest absolute Gasteiger partial charge is 0.324 e. The third-order valence-electron chi connectivity index (χ3n) is 4.65. The Balaban J connectivity index is 2.47. The average molecular weight is 286 g/mol. The largest absolute Gasteiger partial charge is 0.480 e. The maximum Gasteiger partial charge on any atom is 0.324 e. The van der Waals surface area contributed by atoms with Crippen molar-refractivity contribution in [3.05, 3.63) is 0 Å². The highest BCUT2D eigenvalue weighted by molar-refractivity contribution is 5.79. The molecule has 1 saturated carbocycles. The summed E-state index contributed by atoms with van der Waals surface area (Å²) in [7, 11) is 1.78. The van der Waals surface area contributed by atoms with Gasteiger partial charge in [0.2, 0.25) is 0 Å². The van der Waals surface area contributed by atoms with Crippen LogP contribution in [0.25, 0.3) is 0 Å². The van der Waals surface area contributed by atoms with Crippen LogP contribution in [0.1, 0.15) is 39.5 Å². The predicted molar refractivity (Wildman–Crippen MR) is 80.0 cm³/mol. The summed E-state index contributed by atoms with van der Waals surface area (Å²) in [6.45, 7) is 8.51. The van der Waals surface area contributed by atoms with Crippen LogP contribution in [0.15, 0.2) is 0 Å². The van der Waals surface area contributed by atoms with Crippen molar-refractivity contribution in [1.29, 1.82) is 0 Å². The lowest BCUT2D eigenvalue weighted by molar-refractivity contribution is -0.146. The molecule has 0 radical (unpaired) electrons. The van der Waals surface area contributed by atoms with E-state index in [0.29, 0.717) is 0 Å². The molecule has 2 atom stereocenters. The first-order valence-corrected chi connectivity index (χ1v) is 7.83. The number of likely N-dealkylation sites (N-methyl/N-ethyl adjacent to an activating group) is 2. The number of hydrogen-bond acceptors (Lipinski definition) is 4. The van der Waals surface area contributed by atoms with Crippen molar-refractivity contribution in [1.82, 2.24) is 10.2 Å². The van der Waals surface area contributed by atoms with Gasteiger partial charge >= 0.3 is 5.97 Å². The normalized spacial score (nSPS) is 26.3. The predicted octanol–water partition coefficient (Wildman–Crippen LogP) is 1.58. The molecule has 2 unspecified atom stereocenters. The Bertz CT molecular complexity index is 299. The van der Waals surface area contributed by atoms with E-state index in [2.05, 4.69) is 17.1 Å². The summed E-state index contributed by atoms with van der Waals surface area (Å²) in [6, 6.07) is 0. The Morgan fingerprint density at radius 3 is 2.75 bits per heavy atom. The molecule has 118 valence electrons. The first-order chi connectivity index (χ1) is 9.60. The first kappa shape index (κ1) is 17.4. The average Bonchev–Trinajstić information content (AvgIpc) is 2.87. The Morgan fingerprint density at radius 2 is 2.20 bits per heavy atom. The number of carboxylic acid groups (broad SMARTS) is 1. The lowest BCUT2D eigenvalue weighted by Gasteiger charge is -2.32. The fourth-order valence-corrected chi connectivity index (χ4v) is 3.29. The van der Waals surface area contributed by atoms with E-state index in [1.54, 1.807) is 7.05 Å². The SMILES string of the molecule is CCOCCN(CC)CCC1CCCC1(NC)C(=O)O. The van der Waals surface area contributed by atoms with Crippen LogP contribution in [-0.4, -0.2) is 61.4 Å². The van der Waals surface area contributed by atoms with Crippen LogP contribution < -0.4 is 5.32 Å². The molecule has 1 aliphatic rings. The Kier molecular flexibility index (Phi) is 7.48. The second kappa shape index (κ2) is 8.60. The van der Waals surface area contributed by atoms with Crippen molar-refractivity contribution in [2.24, 2.45) is 5.92 Å². The van der Waals surface area contributed by atoms with Crippen molar-refractivity contribution < 1.29 is 14.6 Å². The molecule has 0 amide bonds. The highest BCUT2D eigenvalue weighted by atomic mass is 16.5. The molecule has 1 aliphatic carbocycles. The highest BCUT2D eigenvalue weighted by Crippen LogP contribution is 2.38. The van der Waals surface area contributed by atoms with Crippen LogP contribution in [0.4, 0.5) is 0 Å². The number of ether oxygens (including phenoxy) is 1. The van der Waals surface area contributed by atoms with Gasteiger partial charge in [-0.3, -0.25) is 4.79 Å². The van der Waals surface area contributed by atoms with Crippen LogP contribution in [0.5, 0.6) is 0 Å². The summed E-state index contributed by atoms with van der Waals surface area (Å²) in [5.41, 5.74) is -0.709. The van der Waals surface area contributed by atoms with Crippen LogP contribution >= 0.6 is 0 Å². The van der Waals surface area contributed by atoms with Gasteiger partial charge in [-0.15, -0.1) is 0 Å². The van der Waals surface area contributed by atoms with E-state index >= 15 is 0 Å². The standard InChI is InChI=1S/C15H30N2O3/c1-4-17(11-12-20-5-2)10-8-13-7-6-9-15(13,16-3)14(18)19/h13,16H,4-12H2,1-3H3,(H,18,19). The van der Waals surface area contributed by atoms with Gasteiger partial charge in [0.1, 0.15) is 5.54 Å². The van der Waals surface area contributed by atoms with E-state index in [4.69, 9.17) is 4.74 Å². The molecule has 0 bridgehead atoms. The molecule has 0 aliphatic heterocycles. The Labute approximate surface area is 122 Å². The minimum absolute atomic E-state index is 0.228. The summed E-state index contributed by atoms with van der Waals surface area (Å²) >= 11 is 0. The van der Waals surface area contributed by atoms with Crippen molar-refractivity contribution in [3.8, 4) is 0 Å². The summed E-state index contributed by atoms with van der Waals surface area (Å²) in [5, 5.41) is 12.6. The maximum atomic E-state index is 11.6. The third-order valence-corrected chi connectivity index (χ3v) is 4.65. The van der Waals surface area contributed by atoms with Gasteiger partial charge in [0, 0.05) is 13.2 Å². The van der Waals surface area contributed by atoms with Crippen molar-refractivity contribution in [3.63, 3.8) is 0 Å². The van der Waals surface area contributed by atoms with Gasteiger partial charge in [0.05, 0.1) is 6.61 Å². The van der Waals surface area contributed by atoms with E-state index in [9.17, 15) is 9.90 Å². The molecule has 2 N–H and O–H groups in total. The number of hydrogen-bond donors (Lipinski definition) is 2. The maximum absolute atomic E-state index is 11.6. The topological polar surface area (TPSA) is 61.8 Å². The van der Waals surface area contributed by atoms with Gasteiger partial charge in [-0.2, -0.15) is 0 Å². The molecule has 0 aromatic carbocycles. The quantitative estimate of drug-likeness (QED) is 0.597. The zero-order valence-electron chi connectivity index (χ0n) is 13.2. The Morgan fingerprint density at radius 1 is 1.45 bits per heavy atom. The summed E-state index contributed by atoms with van der Waals surface area (Å²) in [5.74, 6) is -0.467. The molecule has 5 heteroatoms. The zero-order valence-corrected chi connectivity index (χ0v) is 13.2. The molecule has 0 saturated heterocycles. The molecule has 0 spiro atoms. The number of nitrogens with one attached hydrogen (secondary N) is 1. The first-order valence-electron chi connectivity index (χ1n) is 7.83. The lowest BCUT2D eigenvalue weighted by Crippen LogP contribution is -2.53. The number of carbonyl (C=O) groups is 1. The minimum Gasteiger partial charge on any atom is -0.480 e. The second-order valence-electron chi connectivity index (χ2n) is 5.54. The lowest BCUT2D eigenvalue weighted by atomic mass is 9.84. The van der Waals surface area contributed by atoms with E-state index in [1.165, 1.54) is 0 Å². The number of nitrogens with zero attached hydrogens (tertiary/aromatic N) is 1. The van der Waals surface area contributed by atoms with Gasteiger partial charge in [-0.25, -0.2) is 0 Å². The fraction of sp³-hybridized carbons (Fsp3) is 0.933. The van der Waals surface area contributed by atoms with Crippen molar-refractivity contribution in [2.45, 2.75) is 45.1 Å². The molecule has 5 nitrogen and oxygen atoms in total. The summed E-state index contributed by atoms with van der Waals surface area (Å²) < 4.78 is 5.39. The van der Waals surface area contributed by atoms with Crippen molar-refractivity contribution >= 4 is 5.97 Å². The molecular weight excluding hydrogens is 256 g/mol. The molecular formula is C15H30N2O3. The van der Waals surface area contributed by atoms with Gasteiger partial charge < -0.3 is 20.1 Å². The summed E-state index contributed by atoms with van der Waals surface area (Å²) in [6.07, 6.45) is 3.70. The minimum atomic E-state index is -0.709. The van der Waals surface area contributed by atoms with Crippen LogP contribution in [0.2, 0.25) is 0 Å². The third kappa shape index (κ3) is 4.17. The summed E-state index contributed by atoms with van der Waals surface area (Å²) in [4.78, 5) is 13.9. The molecule has 0 aromatic heterocycles. The van der Waals surface area contributed by atoms with Gasteiger partial charge in [0.25, 0.3) is 0 Å². The number of carboxylic acids is 1. The van der Waals surface area contributed by atoms with Gasteiger partial charge in [-0.1, -0.05) is 13.3 Å². The van der Waals surface area contributed by atoms with Crippen LogP contribution in [0.3, 0.4) is 0 Å². The van der Waals surface area contributed by atoms with Crippen LogP contribution in [0, 0.1) is 5.92 Å². The van der Waals surface area contributed by atoms with E-state index in [-0.39, 0.29) is 5.92 Å². The van der Waals surface area contributed by atoms with Gasteiger partial charge in [0.15, 0.2) is 0 Å². The van der Waals surface area contributed by atoms with E-state index < -0.39 is 11.5 Å². The van der Waals surface area contributed by atoms with E-state index in [1.807, 2.05) is 6.92 Å². The highest BCUT2D eigenvalue weighted by Gasteiger charge is 2.47. The molecule has 0 heterocycles. The fourth-order valence-electron chi connectivity index (χ4n) is 3.29. The van der Waals surface area contributed by atoms with Crippen LogP contribution in [-0.2, 0) is 9.53 Å². The number of aliphatic carboxylic acids is 1.